The van der Waals surface area contributed by atoms with Crippen molar-refractivity contribution in [3.8, 4) is 0 Å². The number of rotatable bonds is 9. The van der Waals surface area contributed by atoms with Gasteiger partial charge in [0, 0.05) is 24.0 Å². The third-order valence-corrected chi connectivity index (χ3v) is 6.41. The number of nitrogens with zero attached hydrogens (tertiary/aromatic N) is 1. The third kappa shape index (κ3) is 4.04. The van der Waals surface area contributed by atoms with Crippen molar-refractivity contribution >= 4 is 17.4 Å². The van der Waals surface area contributed by atoms with Gasteiger partial charge in [-0.15, -0.1) is 11.6 Å². The third-order valence-electron chi connectivity index (χ3n) is 6.14. The Labute approximate surface area is 148 Å². The molecule has 4 heteroatoms. The van der Waals surface area contributed by atoms with E-state index in [-0.39, 0.29) is 10.8 Å². The van der Waals surface area contributed by atoms with Crippen LogP contribution in [0.15, 0.2) is 4.99 Å². The Hall–Kier alpha value is -0.280. The van der Waals surface area contributed by atoms with Gasteiger partial charge in [0.25, 0.3) is 0 Å². The van der Waals surface area contributed by atoms with E-state index in [1.54, 1.807) is 0 Å². The van der Waals surface area contributed by atoms with Gasteiger partial charge in [0.1, 0.15) is 5.84 Å². The molecule has 0 radical (unpaired) electrons. The number of hydrogen-bond donors (Lipinski definition) is 2. The number of nitrogens with one attached hydrogen (secondary N) is 2. The molecule has 0 aromatic heterocycles. The fourth-order valence-corrected chi connectivity index (χ4v) is 4.20. The van der Waals surface area contributed by atoms with E-state index in [1.165, 1.54) is 25.1 Å². The molecule has 0 aromatic rings. The molecule has 1 fully saturated rings. The van der Waals surface area contributed by atoms with Crippen molar-refractivity contribution < 1.29 is 0 Å². The molecule has 3 nitrogen and oxygen atoms in total. The van der Waals surface area contributed by atoms with Crippen molar-refractivity contribution in [2.24, 2.45) is 21.7 Å². The quantitative estimate of drug-likeness (QED) is 0.375. The maximum atomic E-state index is 5.84. The summed E-state index contributed by atoms with van der Waals surface area (Å²) in [5, 5.41) is 7.41. The summed E-state index contributed by atoms with van der Waals surface area (Å²) in [4.78, 5) is 4.75. The Kier molecular flexibility index (Phi) is 6.05. The molecule has 1 saturated heterocycles. The molecule has 0 bridgehead atoms. The molecule has 23 heavy (non-hydrogen) atoms. The van der Waals surface area contributed by atoms with Crippen LogP contribution >= 0.6 is 11.6 Å². The first-order chi connectivity index (χ1) is 10.7. The second kappa shape index (κ2) is 7.31. The van der Waals surface area contributed by atoms with E-state index in [0.29, 0.717) is 24.0 Å². The Morgan fingerprint density at radius 1 is 1.39 bits per heavy atom. The minimum absolute atomic E-state index is 0.164. The number of amidine groups is 1. The highest BCUT2D eigenvalue weighted by Gasteiger charge is 2.58. The van der Waals surface area contributed by atoms with Crippen molar-refractivity contribution in [3.63, 3.8) is 0 Å². The number of unbranched alkanes of at least 4 members (excludes halogenated alkanes) is 1. The summed E-state index contributed by atoms with van der Waals surface area (Å²) in [7, 11) is 0. The molecule has 0 aliphatic carbocycles. The molecule has 2 N–H and O–H groups in total. The summed E-state index contributed by atoms with van der Waals surface area (Å²) >= 11 is 5.84. The van der Waals surface area contributed by atoms with E-state index in [0.717, 1.165) is 18.8 Å². The zero-order chi connectivity index (χ0) is 17.3. The Morgan fingerprint density at radius 3 is 2.48 bits per heavy atom. The zero-order valence-electron chi connectivity index (χ0n) is 15.9. The van der Waals surface area contributed by atoms with Gasteiger partial charge in [-0.3, -0.25) is 4.99 Å². The highest BCUT2D eigenvalue weighted by Crippen LogP contribution is 2.50. The van der Waals surface area contributed by atoms with Gasteiger partial charge in [-0.25, -0.2) is 0 Å². The Morgan fingerprint density at radius 2 is 2.04 bits per heavy atom. The van der Waals surface area contributed by atoms with Crippen LogP contribution in [0.4, 0.5) is 0 Å². The van der Waals surface area contributed by atoms with E-state index >= 15 is 0 Å². The fourth-order valence-electron chi connectivity index (χ4n) is 4.01. The van der Waals surface area contributed by atoms with Crippen LogP contribution in [0.3, 0.4) is 0 Å². The maximum Gasteiger partial charge on any atom is 0.105 e. The molecule has 2 rings (SSSR count). The van der Waals surface area contributed by atoms with Crippen molar-refractivity contribution in [2.45, 2.75) is 85.4 Å². The van der Waals surface area contributed by atoms with Crippen LogP contribution in [0, 0.1) is 16.7 Å². The fraction of sp³-hybridized carbons (Fsp3) is 0.947. The lowest BCUT2D eigenvalue weighted by molar-refractivity contribution is 0.141. The van der Waals surface area contributed by atoms with Crippen LogP contribution in [0.5, 0.6) is 0 Å². The minimum Gasteiger partial charge on any atom is -0.371 e. The first-order valence-electron chi connectivity index (χ1n) is 9.36. The number of aliphatic imine (C=N–C) groups is 1. The Bertz CT molecular complexity index is 432. The summed E-state index contributed by atoms with van der Waals surface area (Å²) in [6.45, 7) is 15.0. The lowest BCUT2D eigenvalue weighted by Crippen LogP contribution is -2.60. The van der Waals surface area contributed by atoms with Crippen LogP contribution in [-0.2, 0) is 0 Å². The van der Waals surface area contributed by atoms with Gasteiger partial charge < -0.3 is 10.6 Å². The normalized spacial score (nSPS) is 31.6. The molecule has 2 aliphatic rings. The first kappa shape index (κ1) is 19.1. The lowest BCUT2D eigenvalue weighted by atomic mass is 9.60. The molecule has 0 saturated carbocycles. The summed E-state index contributed by atoms with van der Waals surface area (Å²) in [6.07, 6.45) is 4.70. The highest BCUT2D eigenvalue weighted by molar-refractivity contribution is 6.17. The monoisotopic (exact) mass is 341 g/mol. The summed E-state index contributed by atoms with van der Waals surface area (Å²) in [6, 6.07) is 1.77. The van der Waals surface area contributed by atoms with Crippen molar-refractivity contribution in [1.82, 2.24) is 10.6 Å². The highest BCUT2D eigenvalue weighted by atomic mass is 35.5. The average Bonchev–Trinajstić information content (AvgIpc) is 3.19. The topological polar surface area (TPSA) is 46.3 Å². The molecular weight excluding hydrogens is 306 g/mol. The van der Waals surface area contributed by atoms with Gasteiger partial charge in [0.15, 0.2) is 0 Å². The van der Waals surface area contributed by atoms with Crippen LogP contribution in [0.25, 0.3) is 0 Å². The van der Waals surface area contributed by atoms with Crippen LogP contribution < -0.4 is 10.6 Å². The van der Waals surface area contributed by atoms with Gasteiger partial charge in [-0.2, -0.15) is 0 Å². The average molecular weight is 342 g/mol. The molecule has 2 aliphatic heterocycles. The van der Waals surface area contributed by atoms with Crippen LogP contribution in [0.1, 0.15) is 67.2 Å². The summed E-state index contributed by atoms with van der Waals surface area (Å²) < 4.78 is 0. The van der Waals surface area contributed by atoms with Crippen molar-refractivity contribution in [3.05, 3.63) is 0 Å². The van der Waals surface area contributed by atoms with Gasteiger partial charge in [0.05, 0.1) is 12.0 Å². The zero-order valence-corrected chi connectivity index (χ0v) is 16.6. The molecule has 134 valence electrons. The van der Waals surface area contributed by atoms with E-state index < -0.39 is 0 Å². The molecule has 0 amide bonds. The molecule has 0 spiro atoms. The van der Waals surface area contributed by atoms with Gasteiger partial charge in [-0.1, -0.05) is 41.0 Å². The second-order valence-corrected chi connectivity index (χ2v) is 9.19. The van der Waals surface area contributed by atoms with Crippen molar-refractivity contribution in [2.75, 3.05) is 12.4 Å². The number of hydrogen-bond acceptors (Lipinski definition) is 3. The SMILES string of the molecule is CC(C)CC(CCCCCl)NC1=NCC1(C)C(C)(C)C1NC1C. The van der Waals surface area contributed by atoms with E-state index in [1.807, 2.05) is 0 Å². The molecule has 4 atom stereocenters. The van der Waals surface area contributed by atoms with Gasteiger partial charge in [-0.05, 0) is 37.5 Å². The predicted octanol–water partition coefficient (Wildman–Crippen LogP) is 4.20. The minimum atomic E-state index is 0.164. The van der Waals surface area contributed by atoms with E-state index in [2.05, 4.69) is 52.2 Å². The van der Waals surface area contributed by atoms with Gasteiger partial charge >= 0.3 is 0 Å². The van der Waals surface area contributed by atoms with Crippen LogP contribution in [-0.4, -0.2) is 36.4 Å². The Balaban J connectivity index is 1.99. The standard InChI is InChI=1S/C19H36ClN3/c1-13(2)11-15(9-7-8-10-20)23-17-19(6,12-21-17)18(4,5)16-14(3)22-16/h13-16,22H,7-12H2,1-6H3,(H,21,23). The number of alkyl halides is 1. The van der Waals surface area contributed by atoms with Gasteiger partial charge in [0.2, 0.25) is 0 Å². The van der Waals surface area contributed by atoms with Crippen molar-refractivity contribution in [1.29, 1.82) is 0 Å². The summed E-state index contributed by atoms with van der Waals surface area (Å²) in [5.74, 6) is 2.71. The largest absolute Gasteiger partial charge is 0.371 e. The maximum absolute atomic E-state index is 5.84. The second-order valence-electron chi connectivity index (χ2n) is 8.81. The molecular formula is C19H36ClN3. The van der Waals surface area contributed by atoms with E-state index in [4.69, 9.17) is 16.6 Å². The first-order valence-corrected chi connectivity index (χ1v) is 9.89. The number of halogens is 1. The lowest BCUT2D eigenvalue weighted by Gasteiger charge is -2.50. The predicted molar refractivity (Wildman–Crippen MR) is 102 cm³/mol. The smallest absolute Gasteiger partial charge is 0.105 e. The molecule has 2 heterocycles. The summed E-state index contributed by atoms with van der Waals surface area (Å²) in [5.41, 5.74) is 0.395. The molecule has 4 unspecified atom stereocenters. The van der Waals surface area contributed by atoms with E-state index in [9.17, 15) is 0 Å². The molecule has 0 aromatic carbocycles. The van der Waals surface area contributed by atoms with Crippen LogP contribution in [0.2, 0.25) is 0 Å².